The monoisotopic (exact) mass is 258 g/mol. The molecule has 0 aromatic heterocycles. The van der Waals surface area contributed by atoms with E-state index in [9.17, 15) is 5.11 Å². The van der Waals surface area contributed by atoms with Crippen LogP contribution in [0, 0.1) is 5.92 Å². The Labute approximate surface area is 106 Å². The van der Waals surface area contributed by atoms with Gasteiger partial charge < -0.3 is 5.11 Å². The normalized spacial score (nSPS) is 29.6. The lowest BCUT2D eigenvalue weighted by Gasteiger charge is -2.27. The zero-order valence-corrected chi connectivity index (χ0v) is 10.9. The lowest BCUT2D eigenvalue weighted by Crippen LogP contribution is -2.34. The summed E-state index contributed by atoms with van der Waals surface area (Å²) in [6.07, 6.45) is 3.77. The standard InChI is InChI=1S/C13H16Cl2O/c1-9-3-2-6-13(9,16)8-10-4-5-11(14)12(15)7-10/h4-5,7,9,16H,2-3,6,8H2,1H3. The molecule has 2 unspecified atom stereocenters. The van der Waals surface area contributed by atoms with E-state index in [0.29, 0.717) is 22.4 Å². The second kappa shape index (κ2) is 4.56. The first-order valence-corrected chi connectivity index (χ1v) is 6.43. The number of rotatable bonds is 2. The second-order valence-electron chi connectivity index (χ2n) is 4.82. The molecule has 1 N–H and O–H groups in total. The predicted molar refractivity (Wildman–Crippen MR) is 68.1 cm³/mol. The minimum Gasteiger partial charge on any atom is -0.389 e. The van der Waals surface area contributed by atoms with E-state index in [1.165, 1.54) is 0 Å². The molecule has 0 bridgehead atoms. The number of benzene rings is 1. The fourth-order valence-corrected chi connectivity index (χ4v) is 2.82. The smallest absolute Gasteiger partial charge is 0.0713 e. The topological polar surface area (TPSA) is 20.2 Å². The Morgan fingerprint density at radius 2 is 2.12 bits per heavy atom. The van der Waals surface area contributed by atoms with Crippen LogP contribution in [0.1, 0.15) is 31.7 Å². The van der Waals surface area contributed by atoms with Gasteiger partial charge in [-0.25, -0.2) is 0 Å². The quantitative estimate of drug-likeness (QED) is 0.848. The highest BCUT2D eigenvalue weighted by atomic mass is 35.5. The molecule has 0 amide bonds. The summed E-state index contributed by atoms with van der Waals surface area (Å²) in [7, 11) is 0. The van der Waals surface area contributed by atoms with E-state index in [4.69, 9.17) is 23.2 Å². The molecule has 1 fully saturated rings. The van der Waals surface area contributed by atoms with Gasteiger partial charge in [0.2, 0.25) is 0 Å². The summed E-state index contributed by atoms with van der Waals surface area (Å²) >= 11 is 11.8. The molecule has 2 atom stereocenters. The van der Waals surface area contributed by atoms with Crippen LogP contribution in [-0.2, 0) is 6.42 Å². The molecule has 0 heterocycles. The Bertz CT molecular complexity index is 392. The summed E-state index contributed by atoms with van der Waals surface area (Å²) in [5, 5.41) is 11.6. The molecule has 1 aromatic rings. The molecule has 88 valence electrons. The first kappa shape index (κ1) is 12.2. The Kier molecular flexibility index (Phi) is 3.48. The minimum absolute atomic E-state index is 0.363. The minimum atomic E-state index is -0.558. The highest BCUT2D eigenvalue weighted by molar-refractivity contribution is 6.42. The van der Waals surface area contributed by atoms with Crippen molar-refractivity contribution in [2.45, 2.75) is 38.2 Å². The SMILES string of the molecule is CC1CCCC1(O)Cc1ccc(Cl)c(Cl)c1. The van der Waals surface area contributed by atoms with Crippen molar-refractivity contribution >= 4 is 23.2 Å². The van der Waals surface area contributed by atoms with Gasteiger partial charge in [-0.2, -0.15) is 0 Å². The van der Waals surface area contributed by atoms with E-state index in [-0.39, 0.29) is 0 Å². The van der Waals surface area contributed by atoms with E-state index in [1.807, 2.05) is 12.1 Å². The predicted octanol–water partition coefficient (Wildman–Crippen LogP) is 4.09. The van der Waals surface area contributed by atoms with E-state index in [0.717, 1.165) is 24.8 Å². The second-order valence-corrected chi connectivity index (χ2v) is 5.64. The van der Waals surface area contributed by atoms with Crippen molar-refractivity contribution in [2.24, 2.45) is 5.92 Å². The maximum atomic E-state index is 10.5. The van der Waals surface area contributed by atoms with Gasteiger partial charge in [0.25, 0.3) is 0 Å². The third kappa shape index (κ3) is 2.37. The third-order valence-electron chi connectivity index (χ3n) is 3.66. The van der Waals surface area contributed by atoms with Crippen LogP contribution in [0.3, 0.4) is 0 Å². The lowest BCUT2D eigenvalue weighted by atomic mass is 9.86. The maximum absolute atomic E-state index is 10.5. The van der Waals surface area contributed by atoms with Gasteiger partial charge >= 0.3 is 0 Å². The molecule has 2 rings (SSSR count). The maximum Gasteiger partial charge on any atom is 0.0713 e. The van der Waals surface area contributed by atoms with Crippen LogP contribution in [0.15, 0.2) is 18.2 Å². The molecule has 1 saturated carbocycles. The summed E-state index contributed by atoms with van der Waals surface area (Å²) in [5.41, 5.74) is 0.502. The Morgan fingerprint density at radius 3 is 2.69 bits per heavy atom. The van der Waals surface area contributed by atoms with E-state index in [2.05, 4.69) is 6.92 Å². The van der Waals surface area contributed by atoms with Crippen LogP contribution < -0.4 is 0 Å². The van der Waals surface area contributed by atoms with Gasteiger partial charge in [0.15, 0.2) is 0 Å². The Morgan fingerprint density at radius 1 is 1.38 bits per heavy atom. The van der Waals surface area contributed by atoms with Gasteiger partial charge in [0, 0.05) is 6.42 Å². The number of hydrogen-bond acceptors (Lipinski definition) is 1. The lowest BCUT2D eigenvalue weighted by molar-refractivity contribution is 0.00960. The van der Waals surface area contributed by atoms with E-state index < -0.39 is 5.60 Å². The van der Waals surface area contributed by atoms with Crippen molar-refractivity contribution in [3.05, 3.63) is 33.8 Å². The zero-order valence-electron chi connectivity index (χ0n) is 9.34. The average molecular weight is 259 g/mol. The van der Waals surface area contributed by atoms with Crippen LogP contribution in [-0.4, -0.2) is 10.7 Å². The molecular formula is C13H16Cl2O. The van der Waals surface area contributed by atoms with Gasteiger partial charge in [-0.3, -0.25) is 0 Å². The molecule has 3 heteroatoms. The van der Waals surface area contributed by atoms with Crippen molar-refractivity contribution in [3.8, 4) is 0 Å². The average Bonchev–Trinajstić information content (AvgIpc) is 2.53. The molecule has 1 aliphatic rings. The molecule has 16 heavy (non-hydrogen) atoms. The van der Waals surface area contributed by atoms with Crippen molar-refractivity contribution in [1.29, 1.82) is 0 Å². The summed E-state index contributed by atoms with van der Waals surface area (Å²) in [4.78, 5) is 0. The van der Waals surface area contributed by atoms with E-state index in [1.54, 1.807) is 6.07 Å². The van der Waals surface area contributed by atoms with Crippen molar-refractivity contribution in [2.75, 3.05) is 0 Å². The molecule has 0 spiro atoms. The molecule has 0 saturated heterocycles. The van der Waals surface area contributed by atoms with Gasteiger partial charge in [-0.15, -0.1) is 0 Å². The van der Waals surface area contributed by atoms with Crippen molar-refractivity contribution in [1.82, 2.24) is 0 Å². The Hall–Kier alpha value is -0.240. The molecule has 1 aliphatic carbocycles. The van der Waals surface area contributed by atoms with Gasteiger partial charge in [-0.1, -0.05) is 42.6 Å². The summed E-state index contributed by atoms with van der Waals surface area (Å²) in [6.45, 7) is 2.12. The summed E-state index contributed by atoms with van der Waals surface area (Å²) in [6, 6.07) is 5.59. The summed E-state index contributed by atoms with van der Waals surface area (Å²) in [5.74, 6) is 0.363. The third-order valence-corrected chi connectivity index (χ3v) is 4.40. The molecular weight excluding hydrogens is 243 g/mol. The van der Waals surface area contributed by atoms with E-state index >= 15 is 0 Å². The van der Waals surface area contributed by atoms with Crippen LogP contribution in [0.25, 0.3) is 0 Å². The first-order chi connectivity index (χ1) is 7.51. The van der Waals surface area contributed by atoms with Crippen LogP contribution >= 0.6 is 23.2 Å². The van der Waals surface area contributed by atoms with Gasteiger partial charge in [0.05, 0.1) is 15.6 Å². The molecule has 1 nitrogen and oxygen atoms in total. The molecule has 1 aromatic carbocycles. The zero-order chi connectivity index (χ0) is 11.8. The van der Waals surface area contributed by atoms with Gasteiger partial charge in [-0.05, 0) is 36.5 Å². The molecule has 0 aliphatic heterocycles. The summed E-state index contributed by atoms with van der Waals surface area (Å²) < 4.78 is 0. The van der Waals surface area contributed by atoms with Crippen molar-refractivity contribution < 1.29 is 5.11 Å². The highest BCUT2D eigenvalue weighted by Crippen LogP contribution is 2.38. The van der Waals surface area contributed by atoms with Crippen LogP contribution in [0.4, 0.5) is 0 Å². The first-order valence-electron chi connectivity index (χ1n) is 5.67. The molecule has 0 radical (unpaired) electrons. The highest BCUT2D eigenvalue weighted by Gasteiger charge is 2.38. The van der Waals surface area contributed by atoms with Crippen LogP contribution in [0.5, 0.6) is 0 Å². The fourth-order valence-electron chi connectivity index (χ4n) is 2.50. The number of hydrogen-bond donors (Lipinski definition) is 1. The van der Waals surface area contributed by atoms with Crippen LogP contribution in [0.2, 0.25) is 10.0 Å². The van der Waals surface area contributed by atoms with Crippen molar-refractivity contribution in [3.63, 3.8) is 0 Å². The largest absolute Gasteiger partial charge is 0.389 e. The van der Waals surface area contributed by atoms with Gasteiger partial charge in [0.1, 0.15) is 0 Å². The fraction of sp³-hybridized carbons (Fsp3) is 0.538. The number of aliphatic hydroxyl groups is 1. The Balaban J connectivity index is 2.17. The number of halogens is 2.